The molecule has 0 N–H and O–H groups in total. The summed E-state index contributed by atoms with van der Waals surface area (Å²) in [5.74, 6) is 1.06. The summed E-state index contributed by atoms with van der Waals surface area (Å²) in [5.41, 5.74) is 1.36. The summed E-state index contributed by atoms with van der Waals surface area (Å²) in [7, 11) is 1.49. The number of amides is 1. The normalized spacial score (nSPS) is 11.1. The zero-order valence-corrected chi connectivity index (χ0v) is 16.2. The van der Waals surface area contributed by atoms with Crippen LogP contribution in [-0.2, 0) is 16.3 Å². The van der Waals surface area contributed by atoms with Crippen LogP contribution in [0.25, 0.3) is 0 Å². The molecule has 0 atom stereocenters. The average Bonchev–Trinajstić information content (AvgIpc) is 2.64. The maximum atomic E-state index is 12.6. The van der Waals surface area contributed by atoms with Crippen LogP contribution in [0.2, 0.25) is 0 Å². The molecule has 0 aliphatic carbocycles. The van der Waals surface area contributed by atoms with Crippen molar-refractivity contribution >= 4 is 15.7 Å². The molecule has 0 aliphatic rings. The Balaban J connectivity index is 2.08. The smallest absolute Gasteiger partial charge is 0.253 e. The Hall–Kier alpha value is -2.54. The van der Waals surface area contributed by atoms with Gasteiger partial charge in [0.25, 0.3) is 5.91 Å². The molecule has 0 aliphatic heterocycles. The maximum Gasteiger partial charge on any atom is 0.253 e. The quantitative estimate of drug-likeness (QED) is 0.741. The fourth-order valence-corrected chi connectivity index (χ4v) is 3.18. The number of methoxy groups -OCH3 is 2. The van der Waals surface area contributed by atoms with Crippen molar-refractivity contribution in [3.8, 4) is 11.5 Å². The average molecular weight is 377 g/mol. The van der Waals surface area contributed by atoms with Crippen LogP contribution < -0.4 is 9.47 Å². The second-order valence-electron chi connectivity index (χ2n) is 5.97. The summed E-state index contributed by atoms with van der Waals surface area (Å²) < 4.78 is 33.8. The third-order valence-electron chi connectivity index (χ3n) is 4.04. The molecule has 7 heteroatoms. The molecular weight excluding hydrogens is 354 g/mol. The molecule has 0 heterocycles. The summed E-state index contributed by atoms with van der Waals surface area (Å²) >= 11 is 0. The topological polar surface area (TPSA) is 72.9 Å². The Labute approximate surface area is 154 Å². The summed E-state index contributed by atoms with van der Waals surface area (Å²) in [4.78, 5) is 14.3. The highest BCUT2D eigenvalue weighted by Gasteiger charge is 2.15. The van der Waals surface area contributed by atoms with Gasteiger partial charge >= 0.3 is 0 Å². The second kappa shape index (κ2) is 8.23. The second-order valence-corrected chi connectivity index (χ2v) is 7.98. The Morgan fingerprint density at radius 2 is 1.73 bits per heavy atom. The van der Waals surface area contributed by atoms with Crippen LogP contribution in [0.1, 0.15) is 15.9 Å². The van der Waals surface area contributed by atoms with Crippen LogP contribution in [0.4, 0.5) is 0 Å². The number of carbonyl (C=O) groups excluding carboxylic acids is 1. The molecular formula is C19H23NO5S. The predicted octanol–water partition coefficient (Wildman–Crippen LogP) is 2.42. The van der Waals surface area contributed by atoms with Gasteiger partial charge in [-0.2, -0.15) is 0 Å². The number of hydrogen-bond donors (Lipinski definition) is 0. The number of likely N-dealkylation sites (N-methyl/N-ethyl adjacent to an activating group) is 1. The van der Waals surface area contributed by atoms with Gasteiger partial charge in [0.1, 0.15) is 0 Å². The Morgan fingerprint density at radius 1 is 1.04 bits per heavy atom. The summed E-state index contributed by atoms with van der Waals surface area (Å²) in [5, 5.41) is 0. The fourth-order valence-electron chi connectivity index (χ4n) is 2.51. The van der Waals surface area contributed by atoms with Gasteiger partial charge in [0.05, 0.1) is 19.1 Å². The maximum absolute atomic E-state index is 12.6. The van der Waals surface area contributed by atoms with Gasteiger partial charge in [-0.05, 0) is 42.3 Å². The monoisotopic (exact) mass is 377 g/mol. The molecule has 0 radical (unpaired) electrons. The number of hydrogen-bond acceptors (Lipinski definition) is 5. The van der Waals surface area contributed by atoms with E-state index in [4.69, 9.17) is 9.47 Å². The number of nitrogens with zero attached hydrogens (tertiary/aromatic N) is 1. The highest BCUT2D eigenvalue weighted by atomic mass is 32.2. The van der Waals surface area contributed by atoms with Gasteiger partial charge in [0.15, 0.2) is 21.3 Å². The van der Waals surface area contributed by atoms with Gasteiger partial charge in [-0.25, -0.2) is 8.42 Å². The van der Waals surface area contributed by atoms with E-state index in [1.807, 2.05) is 18.2 Å². The van der Waals surface area contributed by atoms with E-state index in [1.165, 1.54) is 12.1 Å². The van der Waals surface area contributed by atoms with Crippen molar-refractivity contribution in [2.24, 2.45) is 0 Å². The lowest BCUT2D eigenvalue weighted by molar-refractivity contribution is 0.0796. The first kappa shape index (κ1) is 19.8. The number of sulfone groups is 1. The zero-order valence-electron chi connectivity index (χ0n) is 15.4. The first-order valence-electron chi connectivity index (χ1n) is 8.02. The van der Waals surface area contributed by atoms with Crippen molar-refractivity contribution in [2.75, 3.05) is 34.1 Å². The SMILES string of the molecule is COc1ccc(CCN(C)C(=O)c2cccc(S(C)(=O)=O)c2)cc1OC. The molecule has 2 aromatic carbocycles. The Morgan fingerprint density at radius 3 is 2.35 bits per heavy atom. The lowest BCUT2D eigenvalue weighted by Gasteiger charge is -2.18. The van der Waals surface area contributed by atoms with Crippen molar-refractivity contribution in [3.63, 3.8) is 0 Å². The number of benzene rings is 2. The molecule has 0 fully saturated rings. The molecule has 0 saturated heterocycles. The highest BCUT2D eigenvalue weighted by molar-refractivity contribution is 7.90. The molecule has 0 unspecified atom stereocenters. The molecule has 0 bridgehead atoms. The van der Waals surface area contributed by atoms with E-state index < -0.39 is 9.84 Å². The van der Waals surface area contributed by atoms with Gasteiger partial charge < -0.3 is 14.4 Å². The minimum atomic E-state index is -3.35. The Kier molecular flexibility index (Phi) is 6.26. The fraction of sp³-hybridized carbons (Fsp3) is 0.316. The van der Waals surface area contributed by atoms with E-state index in [-0.39, 0.29) is 10.8 Å². The number of ether oxygens (including phenoxy) is 2. The van der Waals surface area contributed by atoms with E-state index >= 15 is 0 Å². The molecule has 2 aromatic rings. The molecule has 6 nitrogen and oxygen atoms in total. The van der Waals surface area contributed by atoms with E-state index in [2.05, 4.69) is 0 Å². The molecule has 1 amide bonds. The van der Waals surface area contributed by atoms with Crippen molar-refractivity contribution in [1.29, 1.82) is 0 Å². The standard InChI is InChI=1S/C19H23NO5S/c1-20(11-10-14-8-9-17(24-2)18(12-14)25-3)19(21)15-6-5-7-16(13-15)26(4,22)23/h5-9,12-13H,10-11H2,1-4H3. The molecule has 0 saturated carbocycles. The minimum Gasteiger partial charge on any atom is -0.493 e. The number of rotatable bonds is 7. The van der Waals surface area contributed by atoms with Crippen molar-refractivity contribution in [2.45, 2.75) is 11.3 Å². The van der Waals surface area contributed by atoms with Gasteiger partial charge in [0, 0.05) is 25.4 Å². The van der Waals surface area contributed by atoms with E-state index in [0.29, 0.717) is 30.0 Å². The Bertz CT molecular complexity index is 893. The van der Waals surface area contributed by atoms with Crippen LogP contribution >= 0.6 is 0 Å². The minimum absolute atomic E-state index is 0.136. The zero-order chi connectivity index (χ0) is 19.3. The van der Waals surface area contributed by atoms with Crippen LogP contribution in [0.5, 0.6) is 11.5 Å². The largest absolute Gasteiger partial charge is 0.493 e. The molecule has 26 heavy (non-hydrogen) atoms. The number of carbonyl (C=O) groups is 1. The van der Waals surface area contributed by atoms with Gasteiger partial charge in [0.2, 0.25) is 0 Å². The summed E-state index contributed by atoms with van der Waals surface area (Å²) in [6.07, 6.45) is 1.76. The first-order valence-corrected chi connectivity index (χ1v) is 9.92. The van der Waals surface area contributed by atoms with Gasteiger partial charge in [-0.15, -0.1) is 0 Å². The highest BCUT2D eigenvalue weighted by Crippen LogP contribution is 2.27. The van der Waals surface area contributed by atoms with Crippen molar-refractivity contribution in [3.05, 3.63) is 53.6 Å². The lowest BCUT2D eigenvalue weighted by Crippen LogP contribution is -2.29. The molecule has 140 valence electrons. The van der Waals surface area contributed by atoms with E-state index in [9.17, 15) is 13.2 Å². The third kappa shape index (κ3) is 4.76. The van der Waals surface area contributed by atoms with Crippen LogP contribution in [0, 0.1) is 0 Å². The predicted molar refractivity (Wildman–Crippen MR) is 99.8 cm³/mol. The lowest BCUT2D eigenvalue weighted by atomic mass is 10.1. The van der Waals surface area contributed by atoms with Gasteiger partial charge in [-0.1, -0.05) is 12.1 Å². The van der Waals surface area contributed by atoms with Crippen LogP contribution in [0.15, 0.2) is 47.4 Å². The summed E-state index contributed by atoms with van der Waals surface area (Å²) in [6, 6.07) is 11.7. The molecule has 0 aromatic heterocycles. The van der Waals surface area contributed by atoms with Gasteiger partial charge in [-0.3, -0.25) is 4.79 Å². The summed E-state index contributed by atoms with van der Waals surface area (Å²) in [6.45, 7) is 0.484. The molecule has 2 rings (SSSR count). The van der Waals surface area contributed by atoms with E-state index in [0.717, 1.165) is 11.8 Å². The first-order chi connectivity index (χ1) is 12.3. The molecule has 0 spiro atoms. The van der Waals surface area contributed by atoms with Crippen LogP contribution in [-0.4, -0.2) is 53.3 Å². The van der Waals surface area contributed by atoms with Crippen LogP contribution in [0.3, 0.4) is 0 Å². The van der Waals surface area contributed by atoms with E-state index in [1.54, 1.807) is 38.3 Å². The van der Waals surface area contributed by atoms with Crippen molar-refractivity contribution in [1.82, 2.24) is 4.90 Å². The van der Waals surface area contributed by atoms with Crippen molar-refractivity contribution < 1.29 is 22.7 Å². The third-order valence-corrected chi connectivity index (χ3v) is 5.15.